The number of nitrogens with zero attached hydrogens (tertiary/aromatic N) is 3. The molecule has 180 valence electrons. The number of ketones is 1. The second-order valence-electron chi connectivity index (χ2n) is 9.19. The van der Waals surface area contributed by atoms with Crippen LogP contribution < -0.4 is 5.32 Å². The number of aromatic nitrogens is 4. The van der Waals surface area contributed by atoms with E-state index in [4.69, 9.17) is 11.6 Å². The lowest BCUT2D eigenvalue weighted by molar-refractivity contribution is -0.116. The van der Waals surface area contributed by atoms with E-state index < -0.39 is 0 Å². The summed E-state index contributed by atoms with van der Waals surface area (Å²) in [5, 5.41) is 11.7. The van der Waals surface area contributed by atoms with Crippen LogP contribution >= 0.6 is 22.9 Å². The van der Waals surface area contributed by atoms with Gasteiger partial charge < -0.3 is 5.32 Å². The van der Waals surface area contributed by atoms with Gasteiger partial charge in [0.25, 0.3) is 0 Å². The summed E-state index contributed by atoms with van der Waals surface area (Å²) in [4.78, 5) is 22.6. The molecule has 1 aliphatic rings. The summed E-state index contributed by atoms with van der Waals surface area (Å²) in [5.41, 5.74) is 4.12. The predicted octanol–water partition coefficient (Wildman–Crippen LogP) is 6.25. The second kappa shape index (κ2) is 10.8. The van der Waals surface area contributed by atoms with Crippen molar-refractivity contribution in [3.05, 3.63) is 76.8 Å². The van der Waals surface area contributed by atoms with Crippen molar-refractivity contribution in [2.24, 2.45) is 5.92 Å². The van der Waals surface area contributed by atoms with Crippen LogP contribution in [0.15, 0.2) is 55.0 Å². The molecular formula is C27H28ClN5OS. The topological polar surface area (TPSA) is 83.6 Å². The van der Waals surface area contributed by atoms with Crippen LogP contribution in [0.25, 0.3) is 21.1 Å². The number of pyridine rings is 1. The zero-order valence-corrected chi connectivity index (χ0v) is 21.2. The molecule has 3 aromatic heterocycles. The fraction of sp³-hybridized carbons (Fsp3) is 0.333. The third kappa shape index (κ3) is 5.69. The maximum atomic E-state index is 11.7. The molecule has 0 spiro atoms. The number of thiophene rings is 1. The van der Waals surface area contributed by atoms with Crippen molar-refractivity contribution in [1.29, 1.82) is 0 Å². The average Bonchev–Trinajstić information content (AvgIpc) is 3.62. The van der Waals surface area contributed by atoms with E-state index >= 15 is 0 Å². The molecule has 6 nitrogen and oxygen atoms in total. The Morgan fingerprint density at radius 3 is 2.69 bits per heavy atom. The molecule has 5 rings (SSSR count). The van der Waals surface area contributed by atoms with Crippen LogP contribution in [0.4, 0.5) is 0 Å². The molecule has 1 atom stereocenters. The Balaban J connectivity index is 1.57. The molecule has 0 radical (unpaired) electrons. The standard InChI is InChI=1S/C27H28ClN5OS/c1-17(34)12-22-13-20(10-11-29-22)24-14-23(26(35-24)27-31-16-32-33-27)25(19-6-8-21(28)9-7-19)30-15-18-4-2-3-5-18/h6-11,13-14,16,18,25,30H,2-5,12,15H2,1H3,(H,31,32,33). The first-order chi connectivity index (χ1) is 17.1. The number of rotatable bonds is 9. The number of hydrogen-bond donors (Lipinski definition) is 2. The molecule has 0 bridgehead atoms. The van der Waals surface area contributed by atoms with Gasteiger partial charge in [0.1, 0.15) is 12.1 Å². The van der Waals surface area contributed by atoms with Gasteiger partial charge in [0.2, 0.25) is 0 Å². The van der Waals surface area contributed by atoms with Crippen LogP contribution in [0.1, 0.15) is 55.5 Å². The number of halogens is 1. The van der Waals surface area contributed by atoms with E-state index in [1.54, 1.807) is 30.8 Å². The molecule has 3 heterocycles. The van der Waals surface area contributed by atoms with Crippen LogP contribution in [0.2, 0.25) is 5.02 Å². The summed E-state index contributed by atoms with van der Waals surface area (Å²) in [7, 11) is 0. The Morgan fingerprint density at radius 2 is 1.97 bits per heavy atom. The van der Waals surface area contributed by atoms with Gasteiger partial charge in [-0.15, -0.1) is 11.3 Å². The molecule has 0 aliphatic heterocycles. The molecule has 35 heavy (non-hydrogen) atoms. The summed E-state index contributed by atoms with van der Waals surface area (Å²) in [6.07, 6.45) is 8.83. The van der Waals surface area contributed by atoms with Gasteiger partial charge in [0.15, 0.2) is 5.82 Å². The molecule has 0 amide bonds. The summed E-state index contributed by atoms with van der Waals surface area (Å²) in [5.74, 6) is 1.55. The normalized spacial score (nSPS) is 14.9. The SMILES string of the molecule is CC(=O)Cc1cc(-c2cc(C(NCC3CCCC3)c3ccc(Cl)cc3)c(-c3ncn[nH]3)s2)ccn1. The highest BCUT2D eigenvalue weighted by Crippen LogP contribution is 2.42. The highest BCUT2D eigenvalue weighted by atomic mass is 35.5. The van der Waals surface area contributed by atoms with Gasteiger partial charge in [-0.2, -0.15) is 5.10 Å². The van der Waals surface area contributed by atoms with Crippen molar-refractivity contribution in [2.75, 3.05) is 6.54 Å². The molecule has 4 aromatic rings. The van der Waals surface area contributed by atoms with E-state index in [9.17, 15) is 4.79 Å². The van der Waals surface area contributed by atoms with Crippen LogP contribution in [0.3, 0.4) is 0 Å². The number of H-pyrrole nitrogens is 1. The molecule has 1 aliphatic carbocycles. The Bertz CT molecular complexity index is 1280. The van der Waals surface area contributed by atoms with Crippen LogP contribution in [-0.2, 0) is 11.2 Å². The zero-order chi connectivity index (χ0) is 24.2. The predicted molar refractivity (Wildman–Crippen MR) is 141 cm³/mol. The lowest BCUT2D eigenvalue weighted by Crippen LogP contribution is -2.27. The molecule has 0 saturated heterocycles. The number of aromatic amines is 1. The van der Waals surface area contributed by atoms with Gasteiger partial charge in [-0.1, -0.05) is 36.6 Å². The Kier molecular flexibility index (Phi) is 7.37. The maximum Gasteiger partial charge on any atom is 0.165 e. The number of hydrogen-bond acceptors (Lipinski definition) is 6. The summed E-state index contributed by atoms with van der Waals surface area (Å²) in [6, 6.07) is 14.3. The van der Waals surface area contributed by atoms with Gasteiger partial charge in [-0.25, -0.2) is 4.98 Å². The quantitative estimate of drug-likeness (QED) is 0.281. The van der Waals surface area contributed by atoms with E-state index in [1.807, 2.05) is 24.3 Å². The third-order valence-electron chi connectivity index (χ3n) is 6.52. The molecule has 1 saturated carbocycles. The Morgan fingerprint density at radius 1 is 1.17 bits per heavy atom. The first-order valence-corrected chi connectivity index (χ1v) is 13.2. The molecular weight excluding hydrogens is 478 g/mol. The zero-order valence-electron chi connectivity index (χ0n) is 19.6. The number of nitrogens with one attached hydrogen (secondary N) is 2. The van der Waals surface area contributed by atoms with E-state index in [0.29, 0.717) is 12.3 Å². The Labute approximate surface area is 214 Å². The maximum absolute atomic E-state index is 11.7. The smallest absolute Gasteiger partial charge is 0.165 e. The first kappa shape index (κ1) is 23.9. The van der Waals surface area contributed by atoms with Crippen molar-refractivity contribution in [2.45, 2.75) is 45.1 Å². The summed E-state index contributed by atoms with van der Waals surface area (Å²) < 4.78 is 0. The Hall–Kier alpha value is -2.87. The largest absolute Gasteiger partial charge is 0.306 e. The number of carbonyl (C=O) groups is 1. The van der Waals surface area contributed by atoms with Gasteiger partial charge in [-0.3, -0.25) is 14.9 Å². The minimum atomic E-state index is -0.0171. The molecule has 2 N–H and O–H groups in total. The van der Waals surface area contributed by atoms with Gasteiger partial charge >= 0.3 is 0 Å². The van der Waals surface area contributed by atoms with Crippen molar-refractivity contribution in [1.82, 2.24) is 25.5 Å². The molecule has 1 aromatic carbocycles. The number of Topliss-reactive ketones (excluding diaryl/α,β-unsaturated/α-hetero) is 1. The van der Waals surface area contributed by atoms with Crippen LogP contribution in [0, 0.1) is 5.92 Å². The molecule has 1 unspecified atom stereocenters. The van der Waals surface area contributed by atoms with Gasteiger partial charge in [-0.05, 0) is 79.3 Å². The van der Waals surface area contributed by atoms with Gasteiger partial charge in [0, 0.05) is 28.2 Å². The van der Waals surface area contributed by atoms with Crippen molar-refractivity contribution in [3.63, 3.8) is 0 Å². The van der Waals surface area contributed by atoms with E-state index in [-0.39, 0.29) is 11.8 Å². The van der Waals surface area contributed by atoms with Gasteiger partial charge in [0.05, 0.1) is 10.9 Å². The highest BCUT2D eigenvalue weighted by molar-refractivity contribution is 7.19. The molecule has 1 fully saturated rings. The lowest BCUT2D eigenvalue weighted by atomic mass is 9.96. The minimum Gasteiger partial charge on any atom is -0.306 e. The second-order valence-corrected chi connectivity index (χ2v) is 10.7. The summed E-state index contributed by atoms with van der Waals surface area (Å²) in [6.45, 7) is 2.55. The monoisotopic (exact) mass is 505 g/mol. The fourth-order valence-corrected chi connectivity index (χ4v) is 6.07. The van der Waals surface area contributed by atoms with Crippen molar-refractivity contribution < 1.29 is 4.79 Å². The third-order valence-corrected chi connectivity index (χ3v) is 7.98. The van der Waals surface area contributed by atoms with Crippen molar-refractivity contribution in [3.8, 4) is 21.1 Å². The first-order valence-electron chi connectivity index (χ1n) is 12.0. The van der Waals surface area contributed by atoms with E-state index in [2.05, 4.69) is 43.7 Å². The minimum absolute atomic E-state index is 0.0171. The van der Waals surface area contributed by atoms with E-state index in [1.165, 1.54) is 25.7 Å². The van der Waals surface area contributed by atoms with E-state index in [0.717, 1.165) is 49.5 Å². The average molecular weight is 506 g/mol. The van der Waals surface area contributed by atoms with Crippen molar-refractivity contribution >= 4 is 28.7 Å². The lowest BCUT2D eigenvalue weighted by Gasteiger charge is -2.22. The number of benzene rings is 1. The highest BCUT2D eigenvalue weighted by Gasteiger charge is 2.25. The summed E-state index contributed by atoms with van der Waals surface area (Å²) >= 11 is 7.89. The van der Waals surface area contributed by atoms with Crippen LogP contribution in [0.5, 0.6) is 0 Å². The number of carbonyl (C=O) groups excluding carboxylic acids is 1. The van der Waals surface area contributed by atoms with Crippen LogP contribution in [-0.4, -0.2) is 32.5 Å². The fourth-order valence-electron chi connectivity index (χ4n) is 4.81. The molecule has 8 heteroatoms.